The highest BCUT2D eigenvalue weighted by Crippen LogP contribution is 2.20. The average molecular weight is 488 g/mol. The van der Waals surface area contributed by atoms with Crippen molar-refractivity contribution >= 4 is 29.3 Å². The summed E-state index contributed by atoms with van der Waals surface area (Å²) in [5.41, 5.74) is 1.64. The Balaban J connectivity index is 1.63. The molecule has 9 heteroatoms. The van der Waals surface area contributed by atoms with Crippen LogP contribution in [0.15, 0.2) is 48.5 Å². The van der Waals surface area contributed by atoms with Crippen molar-refractivity contribution in [3.05, 3.63) is 75.6 Å². The van der Waals surface area contributed by atoms with Gasteiger partial charge >= 0.3 is 0 Å². The van der Waals surface area contributed by atoms with Crippen molar-refractivity contribution in [2.45, 2.75) is 63.4 Å². The molecule has 2 aromatic rings. The Kier molecular flexibility index (Phi) is 9.44. The van der Waals surface area contributed by atoms with Crippen LogP contribution in [0.2, 0.25) is 0 Å². The van der Waals surface area contributed by atoms with Gasteiger partial charge in [-0.3, -0.25) is 19.7 Å². The van der Waals surface area contributed by atoms with Gasteiger partial charge < -0.3 is 10.2 Å². The summed E-state index contributed by atoms with van der Waals surface area (Å²) >= 11 is 1.38. The normalized spacial score (nSPS) is 14.9. The molecule has 2 aromatic carbocycles. The molecular weight excluding hydrogens is 457 g/mol. The van der Waals surface area contributed by atoms with Crippen LogP contribution in [0.1, 0.15) is 50.2 Å². The molecular formula is C25H30FN3O4S. The van der Waals surface area contributed by atoms with Gasteiger partial charge in [-0.15, -0.1) is 11.8 Å². The number of nitrogens with one attached hydrogen (secondary N) is 1. The highest BCUT2D eigenvalue weighted by molar-refractivity contribution is 7.99. The number of carbonyl (C=O) groups is 2. The van der Waals surface area contributed by atoms with Crippen LogP contribution >= 0.6 is 11.8 Å². The maximum atomic E-state index is 13.3. The second kappa shape index (κ2) is 12.5. The molecule has 1 atom stereocenters. The predicted octanol–water partition coefficient (Wildman–Crippen LogP) is 4.83. The molecule has 0 heterocycles. The fraction of sp³-hybridized carbons (Fsp3) is 0.440. The van der Waals surface area contributed by atoms with E-state index in [0.29, 0.717) is 5.75 Å². The first-order valence-corrected chi connectivity index (χ1v) is 12.6. The quantitative estimate of drug-likeness (QED) is 0.383. The summed E-state index contributed by atoms with van der Waals surface area (Å²) in [4.78, 5) is 38.0. The van der Waals surface area contributed by atoms with E-state index in [9.17, 15) is 24.1 Å². The SMILES string of the molecule is C[C@H](C(=O)NC1CCCCC1)N(Cc1ccc(F)cc1)C(=O)CSCc1ccc([N+](=O)[O-])cc1. The summed E-state index contributed by atoms with van der Waals surface area (Å²) in [6.07, 6.45) is 5.28. The highest BCUT2D eigenvalue weighted by atomic mass is 32.2. The van der Waals surface area contributed by atoms with Gasteiger partial charge in [0.15, 0.2) is 0 Å². The lowest BCUT2D eigenvalue weighted by Gasteiger charge is -2.31. The van der Waals surface area contributed by atoms with Gasteiger partial charge in [0.05, 0.1) is 10.7 Å². The van der Waals surface area contributed by atoms with Crippen molar-refractivity contribution in [3.8, 4) is 0 Å². The van der Waals surface area contributed by atoms with Gasteiger partial charge in [-0.1, -0.05) is 43.5 Å². The van der Waals surface area contributed by atoms with E-state index in [1.165, 1.54) is 47.3 Å². The molecule has 2 amide bonds. The molecule has 3 rings (SSSR count). The van der Waals surface area contributed by atoms with Crippen LogP contribution in [0.4, 0.5) is 10.1 Å². The van der Waals surface area contributed by atoms with Gasteiger partial charge in [0.2, 0.25) is 11.8 Å². The van der Waals surface area contributed by atoms with Crippen molar-refractivity contribution < 1.29 is 18.9 Å². The molecule has 1 aliphatic rings. The molecule has 0 unspecified atom stereocenters. The number of rotatable bonds is 10. The fourth-order valence-electron chi connectivity index (χ4n) is 3.99. The molecule has 0 radical (unpaired) electrons. The molecule has 0 aromatic heterocycles. The molecule has 7 nitrogen and oxygen atoms in total. The molecule has 0 spiro atoms. The van der Waals surface area contributed by atoms with Crippen molar-refractivity contribution in [1.29, 1.82) is 0 Å². The van der Waals surface area contributed by atoms with Gasteiger partial charge in [0, 0.05) is 30.5 Å². The van der Waals surface area contributed by atoms with Gasteiger partial charge in [-0.2, -0.15) is 0 Å². The van der Waals surface area contributed by atoms with Crippen molar-refractivity contribution in [2.24, 2.45) is 0 Å². The van der Waals surface area contributed by atoms with Crippen molar-refractivity contribution in [2.75, 3.05) is 5.75 Å². The number of halogens is 1. The van der Waals surface area contributed by atoms with E-state index < -0.39 is 11.0 Å². The number of nitro benzene ring substituents is 1. The van der Waals surface area contributed by atoms with Gasteiger partial charge in [0.1, 0.15) is 11.9 Å². The maximum Gasteiger partial charge on any atom is 0.269 e. The van der Waals surface area contributed by atoms with Crippen LogP contribution in [-0.4, -0.2) is 39.5 Å². The molecule has 0 aliphatic heterocycles. The summed E-state index contributed by atoms with van der Waals surface area (Å²) in [5.74, 6) is -0.0654. The zero-order valence-corrected chi connectivity index (χ0v) is 20.1. The molecule has 1 fully saturated rings. The minimum Gasteiger partial charge on any atom is -0.352 e. The fourth-order valence-corrected chi connectivity index (χ4v) is 4.86. The number of carbonyl (C=O) groups excluding carboxylic acids is 2. The molecule has 34 heavy (non-hydrogen) atoms. The third-order valence-electron chi connectivity index (χ3n) is 6.03. The summed E-state index contributed by atoms with van der Waals surface area (Å²) in [6.45, 7) is 1.93. The Labute approximate surface area is 203 Å². The summed E-state index contributed by atoms with van der Waals surface area (Å²) in [6, 6.07) is 11.6. The number of nitro groups is 1. The molecule has 1 saturated carbocycles. The number of non-ortho nitro benzene ring substituents is 1. The van der Waals surface area contributed by atoms with Crippen molar-refractivity contribution in [1.82, 2.24) is 10.2 Å². The van der Waals surface area contributed by atoms with E-state index in [0.717, 1.165) is 36.8 Å². The zero-order valence-electron chi connectivity index (χ0n) is 19.2. The lowest BCUT2D eigenvalue weighted by molar-refractivity contribution is -0.384. The average Bonchev–Trinajstić information content (AvgIpc) is 2.84. The number of benzene rings is 2. The highest BCUT2D eigenvalue weighted by Gasteiger charge is 2.28. The molecule has 1 N–H and O–H groups in total. The number of amides is 2. The Morgan fingerprint density at radius 1 is 1.09 bits per heavy atom. The van der Waals surface area contributed by atoms with E-state index in [4.69, 9.17) is 0 Å². The number of nitrogens with zero attached hydrogens (tertiary/aromatic N) is 2. The third-order valence-corrected chi connectivity index (χ3v) is 7.01. The second-order valence-electron chi connectivity index (χ2n) is 8.58. The Morgan fingerprint density at radius 3 is 2.32 bits per heavy atom. The van der Waals surface area contributed by atoms with Crippen LogP contribution < -0.4 is 5.32 Å². The minimum absolute atomic E-state index is 0.0214. The largest absolute Gasteiger partial charge is 0.352 e. The predicted molar refractivity (Wildman–Crippen MR) is 131 cm³/mol. The standard InChI is InChI=1S/C25H30FN3O4S/c1-18(25(31)27-22-5-3-2-4-6-22)28(15-19-7-11-21(26)12-8-19)24(30)17-34-16-20-9-13-23(14-10-20)29(32)33/h7-14,18,22H,2-6,15-17H2,1H3,(H,27,31)/t18-/m1/s1. The van der Waals surface area contributed by atoms with Crippen LogP contribution in [-0.2, 0) is 21.9 Å². The van der Waals surface area contributed by atoms with Crippen LogP contribution in [0.25, 0.3) is 0 Å². The van der Waals surface area contributed by atoms with Crippen molar-refractivity contribution in [3.63, 3.8) is 0 Å². The van der Waals surface area contributed by atoms with Crippen LogP contribution in [0, 0.1) is 15.9 Å². The monoisotopic (exact) mass is 487 g/mol. The summed E-state index contributed by atoms with van der Waals surface area (Å²) < 4.78 is 13.3. The number of hydrogen-bond acceptors (Lipinski definition) is 5. The van der Waals surface area contributed by atoms with E-state index in [2.05, 4.69) is 5.32 Å². The minimum atomic E-state index is -0.667. The smallest absolute Gasteiger partial charge is 0.269 e. The lowest BCUT2D eigenvalue weighted by Crippen LogP contribution is -2.50. The lowest BCUT2D eigenvalue weighted by atomic mass is 9.95. The first-order valence-electron chi connectivity index (χ1n) is 11.5. The molecule has 182 valence electrons. The van der Waals surface area contributed by atoms with E-state index >= 15 is 0 Å². The molecule has 0 saturated heterocycles. The topological polar surface area (TPSA) is 92.6 Å². The summed E-state index contributed by atoms with van der Waals surface area (Å²) in [7, 11) is 0. The van der Waals surface area contributed by atoms with Gasteiger partial charge in [-0.25, -0.2) is 4.39 Å². The Hall–Kier alpha value is -2.94. The first kappa shape index (κ1) is 25.7. The Bertz CT molecular complexity index is 979. The van der Waals surface area contributed by atoms with E-state index in [1.54, 1.807) is 31.2 Å². The zero-order chi connectivity index (χ0) is 24.5. The Morgan fingerprint density at radius 2 is 1.71 bits per heavy atom. The van der Waals surface area contributed by atoms with Gasteiger partial charge in [-0.05, 0) is 43.0 Å². The summed E-state index contributed by atoms with van der Waals surface area (Å²) in [5, 5.41) is 13.9. The van der Waals surface area contributed by atoms with Crippen LogP contribution in [0.5, 0.6) is 0 Å². The van der Waals surface area contributed by atoms with Crippen LogP contribution in [0.3, 0.4) is 0 Å². The first-order chi connectivity index (χ1) is 16.3. The number of hydrogen-bond donors (Lipinski definition) is 1. The molecule has 1 aliphatic carbocycles. The number of thioether (sulfide) groups is 1. The van der Waals surface area contributed by atoms with Gasteiger partial charge in [0.25, 0.3) is 5.69 Å². The second-order valence-corrected chi connectivity index (χ2v) is 9.57. The van der Waals surface area contributed by atoms with E-state index in [1.807, 2.05) is 0 Å². The maximum absolute atomic E-state index is 13.3. The molecule has 0 bridgehead atoms. The van der Waals surface area contributed by atoms with E-state index in [-0.39, 0.29) is 41.7 Å². The third kappa shape index (κ3) is 7.55.